The van der Waals surface area contributed by atoms with Crippen LogP contribution >= 0.6 is 0 Å². The van der Waals surface area contributed by atoms with Crippen molar-refractivity contribution in [3.8, 4) is 11.6 Å². The maximum atomic E-state index is 14.4. The summed E-state index contributed by atoms with van der Waals surface area (Å²) in [6.45, 7) is 9.59. The zero-order valence-electron chi connectivity index (χ0n) is 28.0. The predicted molar refractivity (Wildman–Crippen MR) is 180 cm³/mol. The summed E-state index contributed by atoms with van der Waals surface area (Å²) in [5, 5.41) is 0. The van der Waals surface area contributed by atoms with E-state index in [9.17, 15) is 12.8 Å². The number of anilines is 1. The van der Waals surface area contributed by atoms with E-state index in [4.69, 9.17) is 14.5 Å². The van der Waals surface area contributed by atoms with Crippen LogP contribution in [0.25, 0.3) is 0 Å². The Balaban J connectivity index is 1.15. The zero-order chi connectivity index (χ0) is 33.2. The smallest absolute Gasteiger partial charge is 0.243 e. The van der Waals surface area contributed by atoms with Gasteiger partial charge in [-0.3, -0.25) is 4.90 Å². The van der Waals surface area contributed by atoms with Crippen molar-refractivity contribution in [2.75, 3.05) is 71.5 Å². The Morgan fingerprint density at radius 3 is 2.36 bits per heavy atom. The number of sulfonamides is 1. The molecule has 0 radical (unpaired) electrons. The maximum absolute atomic E-state index is 14.4. The second kappa shape index (κ2) is 14.0. The molecule has 0 spiro atoms. The van der Waals surface area contributed by atoms with Crippen LogP contribution in [-0.2, 0) is 15.6 Å². The molecule has 1 aromatic heterocycles. The minimum Gasteiger partial charge on any atom is -0.497 e. The van der Waals surface area contributed by atoms with Gasteiger partial charge in [-0.15, -0.1) is 0 Å². The van der Waals surface area contributed by atoms with Crippen LogP contribution in [0.4, 0.5) is 10.3 Å². The van der Waals surface area contributed by atoms with Gasteiger partial charge in [0.25, 0.3) is 0 Å². The number of aromatic nitrogens is 2. The molecule has 2 aromatic carbocycles. The second-order valence-corrected chi connectivity index (χ2v) is 15.0. The number of rotatable bonds is 9. The van der Waals surface area contributed by atoms with Gasteiger partial charge in [-0.2, -0.15) is 9.29 Å². The highest BCUT2D eigenvalue weighted by atomic mass is 32.2. The standard InChI is InChI=1S/C35H47FN6O4S/c1-26-22-31(45-4)23-27(2)33(26)47(43,44)42-15-6-5-10-30(42)25-46-32-11-14-37-34(38-32)40-16-12-35(13-17-40,28-8-7-9-29(36)24-28)41-20-18-39(3)19-21-41/h7-9,11,14,22-24,30H,5-6,10,12-13,15-21,25H2,1-4H3. The summed E-state index contributed by atoms with van der Waals surface area (Å²) in [6, 6.07) is 12.1. The van der Waals surface area contributed by atoms with E-state index in [-0.39, 0.29) is 24.0 Å². The molecule has 3 aliphatic heterocycles. The maximum Gasteiger partial charge on any atom is 0.243 e. The van der Waals surface area contributed by atoms with Crippen LogP contribution in [-0.4, -0.2) is 105 Å². The molecule has 254 valence electrons. The van der Waals surface area contributed by atoms with Crippen molar-refractivity contribution < 1.29 is 22.3 Å². The highest BCUT2D eigenvalue weighted by molar-refractivity contribution is 7.89. The lowest BCUT2D eigenvalue weighted by atomic mass is 9.78. The third-order valence-electron chi connectivity index (χ3n) is 10.2. The summed E-state index contributed by atoms with van der Waals surface area (Å²) in [7, 11) is -0.0199. The van der Waals surface area contributed by atoms with Crippen LogP contribution < -0.4 is 14.4 Å². The fourth-order valence-corrected chi connectivity index (χ4v) is 9.73. The predicted octanol–water partition coefficient (Wildman–Crippen LogP) is 4.61. The van der Waals surface area contributed by atoms with E-state index in [1.165, 1.54) is 6.07 Å². The van der Waals surface area contributed by atoms with Crippen molar-refractivity contribution in [3.05, 3.63) is 71.2 Å². The Labute approximate surface area is 278 Å². The number of ether oxygens (including phenoxy) is 2. The zero-order valence-corrected chi connectivity index (χ0v) is 28.8. The largest absolute Gasteiger partial charge is 0.497 e. The highest BCUT2D eigenvalue weighted by Gasteiger charge is 2.43. The minimum absolute atomic E-state index is 0.204. The van der Waals surface area contributed by atoms with Crippen LogP contribution in [0.5, 0.6) is 11.6 Å². The van der Waals surface area contributed by atoms with Crippen molar-refractivity contribution in [1.29, 1.82) is 0 Å². The average Bonchev–Trinajstić information content (AvgIpc) is 3.07. The molecule has 4 heterocycles. The molecule has 3 fully saturated rings. The number of halogens is 1. The highest BCUT2D eigenvalue weighted by Crippen LogP contribution is 2.40. The summed E-state index contributed by atoms with van der Waals surface area (Å²) >= 11 is 0. The van der Waals surface area contributed by atoms with Crippen LogP contribution in [0.15, 0.2) is 53.6 Å². The van der Waals surface area contributed by atoms with Crippen LogP contribution in [0.2, 0.25) is 0 Å². The number of aryl methyl sites for hydroxylation is 2. The van der Waals surface area contributed by atoms with Crippen LogP contribution in [0.1, 0.15) is 48.8 Å². The van der Waals surface area contributed by atoms with Gasteiger partial charge in [0, 0.05) is 63.6 Å². The Bertz CT molecular complexity index is 1630. The van der Waals surface area contributed by atoms with Gasteiger partial charge in [-0.05, 0) is 87.5 Å². The molecule has 0 amide bonds. The van der Waals surface area contributed by atoms with Crippen molar-refractivity contribution in [3.63, 3.8) is 0 Å². The first kappa shape index (κ1) is 33.6. The summed E-state index contributed by atoms with van der Waals surface area (Å²) in [5.41, 5.74) is 2.13. The molecule has 3 aromatic rings. The molecule has 0 saturated carbocycles. The fraction of sp³-hybridized carbons (Fsp3) is 0.543. The SMILES string of the molecule is COc1cc(C)c(S(=O)(=O)N2CCCCC2COc2ccnc(N3CCC(c4cccc(F)c4)(N4CCN(C)CC4)CC3)n2)c(C)c1. The van der Waals surface area contributed by atoms with Gasteiger partial charge in [0.2, 0.25) is 21.9 Å². The van der Waals surface area contributed by atoms with Gasteiger partial charge in [0.05, 0.1) is 18.0 Å². The lowest BCUT2D eigenvalue weighted by molar-refractivity contribution is 0.0187. The lowest BCUT2D eigenvalue weighted by Gasteiger charge is -2.51. The molecule has 0 aliphatic carbocycles. The Morgan fingerprint density at radius 2 is 1.68 bits per heavy atom. The topological polar surface area (TPSA) is 91.3 Å². The Kier molecular flexibility index (Phi) is 10.0. The number of likely N-dealkylation sites (N-methyl/N-ethyl adjacent to an activating group) is 1. The second-order valence-electron chi connectivity index (χ2n) is 13.2. The van der Waals surface area contributed by atoms with E-state index >= 15 is 0 Å². The third kappa shape index (κ3) is 6.97. The van der Waals surface area contributed by atoms with Crippen LogP contribution in [0, 0.1) is 19.7 Å². The first-order valence-corrected chi connectivity index (χ1v) is 18.1. The number of hydrogen-bond donors (Lipinski definition) is 0. The quantitative estimate of drug-likeness (QED) is 0.325. The molecule has 3 aliphatic rings. The number of nitrogens with zero attached hydrogens (tertiary/aromatic N) is 6. The molecule has 0 bridgehead atoms. The molecule has 1 unspecified atom stereocenters. The van der Waals surface area contributed by atoms with E-state index in [1.54, 1.807) is 41.9 Å². The van der Waals surface area contributed by atoms with Crippen molar-refractivity contribution in [2.45, 2.75) is 62.4 Å². The normalized spacial score (nSPS) is 21.5. The number of hydrogen-bond acceptors (Lipinski definition) is 9. The Morgan fingerprint density at radius 1 is 0.957 bits per heavy atom. The molecule has 0 N–H and O–H groups in total. The molecule has 1 atom stereocenters. The fourth-order valence-electron chi connectivity index (χ4n) is 7.63. The molecule has 10 nitrogen and oxygen atoms in total. The lowest BCUT2D eigenvalue weighted by Crippen LogP contribution is -2.58. The van der Waals surface area contributed by atoms with Crippen molar-refractivity contribution in [2.24, 2.45) is 0 Å². The van der Waals surface area contributed by atoms with E-state index in [0.29, 0.717) is 46.6 Å². The van der Waals surface area contributed by atoms with Gasteiger partial charge in [-0.25, -0.2) is 17.8 Å². The molecule has 47 heavy (non-hydrogen) atoms. The van der Waals surface area contributed by atoms with E-state index in [2.05, 4.69) is 32.8 Å². The van der Waals surface area contributed by atoms with Gasteiger partial charge in [0.1, 0.15) is 18.2 Å². The van der Waals surface area contributed by atoms with Crippen molar-refractivity contribution in [1.82, 2.24) is 24.1 Å². The molecular weight excluding hydrogens is 619 g/mol. The van der Waals surface area contributed by atoms with Gasteiger partial charge < -0.3 is 19.3 Å². The van der Waals surface area contributed by atoms with Crippen LogP contribution in [0.3, 0.4) is 0 Å². The Hall–Kier alpha value is -3.32. The average molecular weight is 667 g/mol. The third-order valence-corrected chi connectivity index (χ3v) is 12.5. The van der Waals surface area contributed by atoms with E-state index in [1.807, 2.05) is 19.9 Å². The number of benzene rings is 2. The number of piperidine rings is 2. The molecule has 3 saturated heterocycles. The van der Waals surface area contributed by atoms with Gasteiger partial charge in [0.15, 0.2) is 0 Å². The van der Waals surface area contributed by atoms with Gasteiger partial charge >= 0.3 is 0 Å². The van der Waals surface area contributed by atoms with Crippen molar-refractivity contribution >= 4 is 16.0 Å². The molecular formula is C35H47FN6O4S. The van der Waals surface area contributed by atoms with E-state index in [0.717, 1.165) is 70.5 Å². The van der Waals surface area contributed by atoms with E-state index < -0.39 is 10.0 Å². The molecule has 12 heteroatoms. The summed E-state index contributed by atoms with van der Waals surface area (Å²) in [4.78, 5) is 16.7. The molecule has 6 rings (SSSR count). The number of methoxy groups -OCH3 is 1. The minimum atomic E-state index is -3.75. The number of piperazine rings is 1. The first-order chi connectivity index (χ1) is 22.6. The summed E-state index contributed by atoms with van der Waals surface area (Å²) in [5.74, 6) is 1.46. The van der Waals surface area contributed by atoms with Gasteiger partial charge in [-0.1, -0.05) is 18.6 Å². The first-order valence-electron chi connectivity index (χ1n) is 16.7. The summed E-state index contributed by atoms with van der Waals surface area (Å²) < 4.78 is 55.6. The summed E-state index contributed by atoms with van der Waals surface area (Å²) in [6.07, 6.45) is 5.81. The monoisotopic (exact) mass is 666 g/mol.